The summed E-state index contributed by atoms with van der Waals surface area (Å²) < 4.78 is 4.71. The van der Waals surface area contributed by atoms with Crippen molar-refractivity contribution in [2.75, 3.05) is 0 Å². The Morgan fingerprint density at radius 1 is 0.328 bits per heavy atom. The SMILES string of the molecule is N#Cc1ccc(-c2nc(-c3ccccc3)nc(-c3cccc(-n4c5ccccc5c5ccc(-c6ccc7c8ccccc8n(-c8ccccc8)c7c6)cc54)c3)n2)cc1. The third-order valence-corrected chi connectivity index (χ3v) is 11.0. The third kappa shape index (κ3) is 5.53. The molecule has 11 rings (SSSR count). The van der Waals surface area contributed by atoms with Crippen molar-refractivity contribution >= 4 is 43.6 Å². The van der Waals surface area contributed by atoms with Gasteiger partial charge in [-0.3, -0.25) is 0 Å². The van der Waals surface area contributed by atoms with Gasteiger partial charge in [0.2, 0.25) is 0 Å². The monoisotopic (exact) mass is 740 g/mol. The fourth-order valence-corrected chi connectivity index (χ4v) is 8.26. The second-order valence-electron chi connectivity index (χ2n) is 14.4. The second kappa shape index (κ2) is 13.6. The number of benzene rings is 8. The van der Waals surface area contributed by atoms with Gasteiger partial charge in [-0.1, -0.05) is 121 Å². The molecule has 0 saturated heterocycles. The van der Waals surface area contributed by atoms with Crippen molar-refractivity contribution in [2.24, 2.45) is 0 Å². The van der Waals surface area contributed by atoms with Gasteiger partial charge in [0.15, 0.2) is 17.5 Å². The molecule has 6 nitrogen and oxygen atoms in total. The van der Waals surface area contributed by atoms with E-state index < -0.39 is 0 Å². The minimum atomic E-state index is 0.545. The number of rotatable bonds is 6. The van der Waals surface area contributed by atoms with Gasteiger partial charge in [-0.05, 0) is 83.9 Å². The van der Waals surface area contributed by atoms with Gasteiger partial charge in [-0.25, -0.2) is 15.0 Å². The molecule has 0 atom stereocenters. The van der Waals surface area contributed by atoms with Crippen LogP contribution in [0.25, 0.3) is 100 Å². The lowest BCUT2D eigenvalue weighted by molar-refractivity contribution is 1.07. The third-order valence-electron chi connectivity index (χ3n) is 11.0. The summed E-state index contributed by atoms with van der Waals surface area (Å²) in [6.07, 6.45) is 0. The number of aromatic nitrogens is 5. The molecule has 0 radical (unpaired) electrons. The average Bonchev–Trinajstić information content (AvgIpc) is 3.81. The molecule has 0 bridgehead atoms. The van der Waals surface area contributed by atoms with Crippen molar-refractivity contribution in [3.8, 4) is 62.7 Å². The zero-order valence-corrected chi connectivity index (χ0v) is 31.2. The Hall–Kier alpha value is -8.14. The zero-order valence-electron chi connectivity index (χ0n) is 31.2. The summed E-state index contributed by atoms with van der Waals surface area (Å²) in [6.45, 7) is 0. The van der Waals surface area contributed by atoms with E-state index in [0.717, 1.165) is 50.2 Å². The Kier molecular flexibility index (Phi) is 7.76. The minimum Gasteiger partial charge on any atom is -0.309 e. The van der Waals surface area contributed by atoms with Crippen LogP contribution in [0.1, 0.15) is 5.56 Å². The lowest BCUT2D eigenvalue weighted by Crippen LogP contribution is -2.01. The van der Waals surface area contributed by atoms with Crippen molar-refractivity contribution in [2.45, 2.75) is 0 Å². The van der Waals surface area contributed by atoms with E-state index in [2.05, 4.69) is 155 Å². The van der Waals surface area contributed by atoms with E-state index in [4.69, 9.17) is 15.0 Å². The number of nitrogens with zero attached hydrogens (tertiary/aromatic N) is 6. The number of para-hydroxylation sites is 3. The fourth-order valence-electron chi connectivity index (χ4n) is 8.26. The first-order valence-electron chi connectivity index (χ1n) is 19.3. The van der Waals surface area contributed by atoms with E-state index in [-0.39, 0.29) is 0 Å². The predicted octanol–water partition coefficient (Wildman–Crippen LogP) is 12.6. The average molecular weight is 741 g/mol. The first-order chi connectivity index (χ1) is 28.7. The summed E-state index contributed by atoms with van der Waals surface area (Å²) in [7, 11) is 0. The second-order valence-corrected chi connectivity index (χ2v) is 14.4. The number of hydrogen-bond donors (Lipinski definition) is 0. The summed E-state index contributed by atoms with van der Waals surface area (Å²) in [5.74, 6) is 1.70. The molecule has 0 aliphatic rings. The highest BCUT2D eigenvalue weighted by Gasteiger charge is 2.18. The van der Waals surface area contributed by atoms with Crippen LogP contribution in [0.3, 0.4) is 0 Å². The number of hydrogen-bond acceptors (Lipinski definition) is 4. The Balaban J connectivity index is 1.08. The van der Waals surface area contributed by atoms with Gasteiger partial charge in [0.1, 0.15) is 0 Å². The summed E-state index contributed by atoms with van der Waals surface area (Å²) in [4.78, 5) is 14.9. The van der Waals surface area contributed by atoms with Crippen LogP contribution < -0.4 is 0 Å². The predicted molar refractivity (Wildman–Crippen MR) is 235 cm³/mol. The summed E-state index contributed by atoms with van der Waals surface area (Å²) in [6, 6.07) is 69.4. The molecule has 3 aromatic heterocycles. The first-order valence-corrected chi connectivity index (χ1v) is 19.3. The van der Waals surface area contributed by atoms with Crippen LogP contribution in [-0.4, -0.2) is 24.1 Å². The molecule has 0 saturated carbocycles. The van der Waals surface area contributed by atoms with Crippen LogP contribution in [0.15, 0.2) is 194 Å². The van der Waals surface area contributed by atoms with E-state index in [0.29, 0.717) is 23.0 Å². The van der Waals surface area contributed by atoms with E-state index in [1.165, 1.54) is 32.6 Å². The number of nitriles is 1. The van der Waals surface area contributed by atoms with E-state index >= 15 is 0 Å². The molecule has 11 aromatic rings. The maximum absolute atomic E-state index is 9.41. The molecular weight excluding hydrogens is 709 g/mol. The van der Waals surface area contributed by atoms with E-state index in [9.17, 15) is 5.26 Å². The first kappa shape index (κ1) is 33.2. The van der Waals surface area contributed by atoms with Crippen LogP contribution in [0, 0.1) is 11.3 Å². The lowest BCUT2D eigenvalue weighted by Gasteiger charge is -2.12. The van der Waals surface area contributed by atoms with Gasteiger partial charge in [0.25, 0.3) is 0 Å². The van der Waals surface area contributed by atoms with Gasteiger partial charge in [-0.2, -0.15) is 5.26 Å². The molecule has 0 N–H and O–H groups in total. The molecule has 0 fully saturated rings. The van der Waals surface area contributed by atoms with E-state index in [1.807, 2.05) is 42.5 Å². The van der Waals surface area contributed by atoms with Crippen molar-refractivity contribution < 1.29 is 0 Å². The highest BCUT2D eigenvalue weighted by atomic mass is 15.0. The summed E-state index contributed by atoms with van der Waals surface area (Å²) >= 11 is 0. The van der Waals surface area contributed by atoms with Crippen molar-refractivity contribution in [3.05, 3.63) is 200 Å². The Morgan fingerprint density at radius 2 is 0.759 bits per heavy atom. The van der Waals surface area contributed by atoms with Gasteiger partial charge in [0, 0.05) is 49.6 Å². The summed E-state index contributed by atoms with van der Waals surface area (Å²) in [5, 5.41) is 14.2. The molecule has 3 heterocycles. The highest BCUT2D eigenvalue weighted by Crippen LogP contribution is 2.38. The Bertz CT molecular complexity index is 3390. The highest BCUT2D eigenvalue weighted by molar-refractivity contribution is 6.12. The molecule has 0 amide bonds. The molecular formula is C52H32N6. The van der Waals surface area contributed by atoms with E-state index in [1.54, 1.807) is 12.1 Å². The van der Waals surface area contributed by atoms with Crippen molar-refractivity contribution in [1.29, 1.82) is 5.26 Å². The molecule has 0 unspecified atom stereocenters. The smallest absolute Gasteiger partial charge is 0.164 e. The Labute approximate surface area is 334 Å². The van der Waals surface area contributed by atoms with Crippen molar-refractivity contribution in [3.63, 3.8) is 0 Å². The van der Waals surface area contributed by atoms with Gasteiger partial charge in [0.05, 0.1) is 33.7 Å². The molecule has 0 spiro atoms. The number of fused-ring (bicyclic) bond motifs is 6. The molecule has 8 aromatic carbocycles. The van der Waals surface area contributed by atoms with Crippen LogP contribution in [0.5, 0.6) is 0 Å². The molecule has 58 heavy (non-hydrogen) atoms. The maximum Gasteiger partial charge on any atom is 0.164 e. The van der Waals surface area contributed by atoms with Crippen LogP contribution in [-0.2, 0) is 0 Å². The Morgan fingerprint density at radius 3 is 1.34 bits per heavy atom. The molecule has 0 aliphatic heterocycles. The normalized spacial score (nSPS) is 11.4. The van der Waals surface area contributed by atoms with Crippen LogP contribution >= 0.6 is 0 Å². The molecule has 270 valence electrons. The molecule has 0 aliphatic carbocycles. The fraction of sp³-hybridized carbons (Fsp3) is 0. The largest absolute Gasteiger partial charge is 0.309 e. The van der Waals surface area contributed by atoms with Gasteiger partial charge < -0.3 is 9.13 Å². The maximum atomic E-state index is 9.41. The topological polar surface area (TPSA) is 72.3 Å². The van der Waals surface area contributed by atoms with Gasteiger partial charge in [-0.15, -0.1) is 0 Å². The quantitative estimate of drug-likeness (QED) is 0.170. The van der Waals surface area contributed by atoms with Crippen LogP contribution in [0.4, 0.5) is 0 Å². The minimum absolute atomic E-state index is 0.545. The summed E-state index contributed by atoms with van der Waals surface area (Å²) in [5.41, 5.74) is 12.2. The van der Waals surface area contributed by atoms with Crippen molar-refractivity contribution in [1.82, 2.24) is 24.1 Å². The van der Waals surface area contributed by atoms with Crippen LogP contribution in [0.2, 0.25) is 0 Å². The lowest BCUT2D eigenvalue weighted by atomic mass is 10.0. The zero-order chi connectivity index (χ0) is 38.6. The van der Waals surface area contributed by atoms with Gasteiger partial charge >= 0.3 is 0 Å². The standard InChI is InChI=1S/C52H32N6/c53-33-34-22-24-36(25-23-34)51-54-50(35-12-3-1-4-13-35)55-52(56-51)39-14-11-17-41(30-39)58-47-21-10-8-19-43(47)45-29-27-38(32-49(45)58)37-26-28-44-42-18-7-9-20-46(42)57(48(44)31-37)40-15-5-2-6-16-40/h1-32H. The molecule has 6 heteroatoms.